The molecule has 0 bridgehead atoms. The van der Waals surface area contributed by atoms with Crippen molar-refractivity contribution in [2.45, 2.75) is 39.8 Å². The first kappa shape index (κ1) is 22.0. The zero-order valence-electron chi connectivity index (χ0n) is 17.5. The van der Waals surface area contributed by atoms with Crippen LogP contribution in [0.3, 0.4) is 0 Å². The van der Waals surface area contributed by atoms with Crippen molar-refractivity contribution in [3.63, 3.8) is 0 Å². The maximum atomic E-state index is 13.1. The number of ether oxygens (including phenoxy) is 1. The van der Waals surface area contributed by atoms with Crippen molar-refractivity contribution < 1.29 is 17.5 Å². The molecule has 0 aliphatic rings. The highest BCUT2D eigenvalue weighted by Crippen LogP contribution is 2.30. The number of aromatic nitrogens is 2. The van der Waals surface area contributed by atoms with Gasteiger partial charge in [-0.05, 0) is 63.6 Å². The standard InChI is InChI=1S/C22H26FN3O3S/c1-5-26-21(29-19-12-10-18(23)11-13-19)15-20(24-26)16-8-7-9-17(14-16)22(3,4)25-30(27,28)6-2/h7-15,25H,5-6H2,1-4H3. The molecule has 0 amide bonds. The zero-order chi connectivity index (χ0) is 21.9. The van der Waals surface area contributed by atoms with Crippen LogP contribution >= 0.6 is 0 Å². The molecular formula is C22H26FN3O3S. The Morgan fingerprint density at radius 3 is 2.43 bits per heavy atom. The lowest BCUT2D eigenvalue weighted by Crippen LogP contribution is -2.41. The lowest BCUT2D eigenvalue weighted by atomic mass is 9.93. The van der Waals surface area contributed by atoms with E-state index in [1.165, 1.54) is 12.1 Å². The van der Waals surface area contributed by atoms with Crippen LogP contribution in [0.1, 0.15) is 33.3 Å². The summed E-state index contributed by atoms with van der Waals surface area (Å²) in [6, 6.07) is 15.2. The Balaban J connectivity index is 1.92. The van der Waals surface area contributed by atoms with E-state index in [2.05, 4.69) is 9.82 Å². The van der Waals surface area contributed by atoms with Crippen molar-refractivity contribution in [3.05, 3.63) is 66.0 Å². The van der Waals surface area contributed by atoms with E-state index in [1.54, 1.807) is 23.7 Å². The summed E-state index contributed by atoms with van der Waals surface area (Å²) in [7, 11) is -3.36. The van der Waals surface area contributed by atoms with Crippen LogP contribution < -0.4 is 9.46 Å². The molecule has 0 saturated heterocycles. The molecule has 3 aromatic rings. The number of sulfonamides is 1. The lowest BCUT2D eigenvalue weighted by molar-refractivity contribution is 0.416. The molecule has 0 aliphatic carbocycles. The van der Waals surface area contributed by atoms with Gasteiger partial charge in [-0.1, -0.05) is 18.2 Å². The number of nitrogens with zero attached hydrogens (tertiary/aromatic N) is 2. The zero-order valence-corrected chi connectivity index (χ0v) is 18.3. The van der Waals surface area contributed by atoms with Crippen LogP contribution in [0.5, 0.6) is 11.6 Å². The van der Waals surface area contributed by atoms with Crippen LogP contribution in [0, 0.1) is 5.82 Å². The quantitative estimate of drug-likeness (QED) is 0.562. The van der Waals surface area contributed by atoms with Crippen molar-refractivity contribution >= 4 is 10.0 Å². The molecule has 0 aliphatic heterocycles. The second kappa shape index (κ2) is 8.57. The van der Waals surface area contributed by atoms with Crippen molar-refractivity contribution in [2.24, 2.45) is 0 Å². The fourth-order valence-electron chi connectivity index (χ4n) is 3.06. The van der Waals surface area contributed by atoms with E-state index in [0.29, 0.717) is 23.9 Å². The van der Waals surface area contributed by atoms with E-state index < -0.39 is 15.6 Å². The number of benzene rings is 2. The molecule has 6 nitrogen and oxygen atoms in total. The molecule has 1 aromatic heterocycles. The Labute approximate surface area is 176 Å². The molecule has 0 fully saturated rings. The van der Waals surface area contributed by atoms with Gasteiger partial charge in [0.05, 0.1) is 17.0 Å². The summed E-state index contributed by atoms with van der Waals surface area (Å²) in [6.45, 7) is 7.81. The van der Waals surface area contributed by atoms with Gasteiger partial charge in [0.1, 0.15) is 11.6 Å². The highest BCUT2D eigenvalue weighted by atomic mass is 32.2. The summed E-state index contributed by atoms with van der Waals surface area (Å²) >= 11 is 0. The van der Waals surface area contributed by atoms with E-state index in [1.807, 2.05) is 51.1 Å². The average Bonchev–Trinajstić information content (AvgIpc) is 3.12. The first-order valence-electron chi connectivity index (χ1n) is 9.77. The Hall–Kier alpha value is -2.71. The van der Waals surface area contributed by atoms with Crippen LogP contribution in [0.4, 0.5) is 4.39 Å². The van der Waals surface area contributed by atoms with Gasteiger partial charge in [0, 0.05) is 18.2 Å². The molecule has 3 rings (SSSR count). The van der Waals surface area contributed by atoms with E-state index in [4.69, 9.17) is 4.74 Å². The third kappa shape index (κ3) is 5.06. The summed E-state index contributed by atoms with van der Waals surface area (Å²) in [6.07, 6.45) is 0. The Morgan fingerprint density at radius 1 is 1.10 bits per heavy atom. The predicted molar refractivity (Wildman–Crippen MR) is 115 cm³/mol. The fourth-order valence-corrected chi connectivity index (χ4v) is 4.10. The first-order chi connectivity index (χ1) is 14.1. The largest absolute Gasteiger partial charge is 0.439 e. The van der Waals surface area contributed by atoms with Gasteiger partial charge < -0.3 is 4.74 Å². The van der Waals surface area contributed by atoms with Crippen molar-refractivity contribution in [3.8, 4) is 22.9 Å². The van der Waals surface area contributed by atoms with Crippen LogP contribution in [0.2, 0.25) is 0 Å². The number of hydrogen-bond acceptors (Lipinski definition) is 4. The summed E-state index contributed by atoms with van der Waals surface area (Å²) < 4.78 is 47.6. The van der Waals surface area contributed by atoms with Gasteiger partial charge in [0.25, 0.3) is 0 Å². The molecule has 8 heteroatoms. The maximum absolute atomic E-state index is 13.1. The van der Waals surface area contributed by atoms with Gasteiger partial charge >= 0.3 is 0 Å². The van der Waals surface area contributed by atoms with Gasteiger partial charge in [-0.25, -0.2) is 22.2 Å². The molecule has 30 heavy (non-hydrogen) atoms. The highest BCUT2D eigenvalue weighted by Gasteiger charge is 2.26. The van der Waals surface area contributed by atoms with Gasteiger partial charge in [0.15, 0.2) is 0 Å². The number of hydrogen-bond donors (Lipinski definition) is 1. The molecule has 0 unspecified atom stereocenters. The molecule has 1 N–H and O–H groups in total. The fraction of sp³-hybridized carbons (Fsp3) is 0.318. The summed E-state index contributed by atoms with van der Waals surface area (Å²) in [4.78, 5) is 0. The number of nitrogens with one attached hydrogen (secondary N) is 1. The first-order valence-corrected chi connectivity index (χ1v) is 11.4. The van der Waals surface area contributed by atoms with Crippen molar-refractivity contribution in [1.82, 2.24) is 14.5 Å². The monoisotopic (exact) mass is 431 g/mol. The van der Waals surface area contributed by atoms with Crippen LogP contribution in [-0.4, -0.2) is 24.0 Å². The predicted octanol–water partition coefficient (Wildman–Crippen LogP) is 4.68. The minimum absolute atomic E-state index is 0.0150. The molecule has 160 valence electrons. The second-order valence-electron chi connectivity index (χ2n) is 7.45. The van der Waals surface area contributed by atoms with Crippen LogP contribution in [0.15, 0.2) is 54.6 Å². The Kier molecular flexibility index (Phi) is 6.28. The molecule has 0 saturated carbocycles. The maximum Gasteiger partial charge on any atom is 0.218 e. The minimum Gasteiger partial charge on any atom is -0.439 e. The summed E-state index contributed by atoms with van der Waals surface area (Å²) in [5.41, 5.74) is 1.59. The highest BCUT2D eigenvalue weighted by molar-refractivity contribution is 7.89. The molecule has 0 radical (unpaired) electrons. The average molecular weight is 432 g/mol. The van der Waals surface area contributed by atoms with Gasteiger partial charge in [-0.15, -0.1) is 0 Å². The smallest absolute Gasteiger partial charge is 0.218 e. The van der Waals surface area contributed by atoms with Gasteiger partial charge in [-0.2, -0.15) is 5.10 Å². The van der Waals surface area contributed by atoms with Gasteiger partial charge in [-0.3, -0.25) is 0 Å². The normalized spacial score (nSPS) is 12.2. The number of aryl methyl sites for hydroxylation is 1. The number of halogens is 1. The molecule has 2 aromatic carbocycles. The third-order valence-corrected chi connectivity index (χ3v) is 6.33. The summed E-state index contributed by atoms with van der Waals surface area (Å²) in [5.74, 6) is 0.739. The van der Waals surface area contributed by atoms with E-state index in [0.717, 1.165) is 11.1 Å². The molecule has 0 atom stereocenters. The molecule has 1 heterocycles. The van der Waals surface area contributed by atoms with Crippen molar-refractivity contribution in [2.75, 3.05) is 5.75 Å². The Morgan fingerprint density at radius 2 is 1.80 bits per heavy atom. The SMILES string of the molecule is CCn1nc(-c2cccc(C(C)(C)NS(=O)(=O)CC)c2)cc1Oc1ccc(F)cc1. The minimum atomic E-state index is -3.36. The van der Waals surface area contributed by atoms with Crippen LogP contribution in [-0.2, 0) is 22.1 Å². The number of rotatable bonds is 8. The second-order valence-corrected chi connectivity index (χ2v) is 9.46. The van der Waals surface area contributed by atoms with Crippen molar-refractivity contribution in [1.29, 1.82) is 0 Å². The molecular weight excluding hydrogens is 405 g/mol. The van der Waals surface area contributed by atoms with E-state index in [9.17, 15) is 12.8 Å². The topological polar surface area (TPSA) is 73.2 Å². The summed E-state index contributed by atoms with van der Waals surface area (Å²) in [5, 5.41) is 4.61. The van der Waals surface area contributed by atoms with E-state index in [-0.39, 0.29) is 11.6 Å². The third-order valence-electron chi connectivity index (χ3n) is 4.75. The van der Waals surface area contributed by atoms with E-state index >= 15 is 0 Å². The Bertz CT molecular complexity index is 1120. The van der Waals surface area contributed by atoms with Crippen LogP contribution in [0.25, 0.3) is 11.3 Å². The van der Waals surface area contributed by atoms with Gasteiger partial charge in [0.2, 0.25) is 15.9 Å². The molecule has 0 spiro atoms. The lowest BCUT2D eigenvalue weighted by Gasteiger charge is -2.26.